The molecular formula is C14H21NO3. The van der Waals surface area contributed by atoms with Crippen LogP contribution >= 0.6 is 0 Å². The van der Waals surface area contributed by atoms with Crippen LogP contribution in [-0.2, 0) is 9.53 Å². The van der Waals surface area contributed by atoms with E-state index in [1.165, 1.54) is 0 Å². The first-order valence-electron chi connectivity index (χ1n) is 6.10. The van der Waals surface area contributed by atoms with Crippen LogP contribution in [0.15, 0.2) is 18.2 Å². The van der Waals surface area contributed by atoms with Gasteiger partial charge < -0.3 is 14.8 Å². The Kier molecular flexibility index (Phi) is 5.65. The number of carbonyl (C=O) groups excluding carboxylic acids is 1. The second-order valence-corrected chi connectivity index (χ2v) is 4.17. The SMILES string of the molecule is CCOCC(=O)NC(C)c1cc(C)ccc1OC. The predicted molar refractivity (Wildman–Crippen MR) is 70.8 cm³/mol. The molecule has 0 saturated carbocycles. The van der Waals surface area contributed by atoms with Crippen LogP contribution in [0.25, 0.3) is 0 Å². The Hall–Kier alpha value is -1.55. The lowest BCUT2D eigenvalue weighted by atomic mass is 10.0. The van der Waals surface area contributed by atoms with E-state index in [9.17, 15) is 4.79 Å². The second kappa shape index (κ2) is 7.01. The molecule has 1 unspecified atom stereocenters. The van der Waals surface area contributed by atoms with Crippen molar-refractivity contribution >= 4 is 5.91 Å². The molecule has 0 fully saturated rings. The molecule has 1 atom stereocenters. The van der Waals surface area contributed by atoms with Gasteiger partial charge in [0.25, 0.3) is 0 Å². The average molecular weight is 251 g/mol. The fourth-order valence-electron chi connectivity index (χ4n) is 1.75. The molecule has 1 N–H and O–H groups in total. The number of benzene rings is 1. The van der Waals surface area contributed by atoms with Crippen LogP contribution in [0.1, 0.15) is 31.0 Å². The molecule has 0 radical (unpaired) electrons. The van der Waals surface area contributed by atoms with Crippen LogP contribution in [0.5, 0.6) is 5.75 Å². The van der Waals surface area contributed by atoms with E-state index in [4.69, 9.17) is 9.47 Å². The highest BCUT2D eigenvalue weighted by molar-refractivity contribution is 5.77. The van der Waals surface area contributed by atoms with E-state index >= 15 is 0 Å². The van der Waals surface area contributed by atoms with Gasteiger partial charge in [0.15, 0.2) is 0 Å². The maximum absolute atomic E-state index is 11.6. The van der Waals surface area contributed by atoms with Gasteiger partial charge in [-0.15, -0.1) is 0 Å². The van der Waals surface area contributed by atoms with Gasteiger partial charge in [0.1, 0.15) is 12.4 Å². The Morgan fingerprint density at radius 3 is 2.78 bits per heavy atom. The highest BCUT2D eigenvalue weighted by Crippen LogP contribution is 2.25. The molecule has 4 heteroatoms. The molecule has 100 valence electrons. The first-order chi connectivity index (χ1) is 8.58. The van der Waals surface area contributed by atoms with Crippen molar-refractivity contribution in [1.82, 2.24) is 5.32 Å². The van der Waals surface area contributed by atoms with Gasteiger partial charge in [-0.3, -0.25) is 4.79 Å². The van der Waals surface area contributed by atoms with E-state index in [0.29, 0.717) is 6.61 Å². The highest BCUT2D eigenvalue weighted by Gasteiger charge is 2.14. The molecule has 1 rings (SSSR count). The van der Waals surface area contributed by atoms with E-state index in [2.05, 4.69) is 5.32 Å². The standard InChI is InChI=1S/C14H21NO3/c1-5-18-9-14(16)15-11(3)12-8-10(2)6-7-13(12)17-4/h6-8,11H,5,9H2,1-4H3,(H,15,16). The summed E-state index contributed by atoms with van der Waals surface area (Å²) in [6.45, 7) is 6.43. The zero-order chi connectivity index (χ0) is 13.5. The summed E-state index contributed by atoms with van der Waals surface area (Å²) >= 11 is 0. The molecule has 0 aliphatic heterocycles. The second-order valence-electron chi connectivity index (χ2n) is 4.17. The van der Waals surface area contributed by atoms with Crippen molar-refractivity contribution in [1.29, 1.82) is 0 Å². The molecule has 18 heavy (non-hydrogen) atoms. The minimum atomic E-state index is -0.118. The van der Waals surface area contributed by atoms with E-state index in [1.807, 2.05) is 39.0 Å². The van der Waals surface area contributed by atoms with Crippen LogP contribution in [0.4, 0.5) is 0 Å². The molecule has 0 aromatic heterocycles. The lowest BCUT2D eigenvalue weighted by Gasteiger charge is -2.18. The number of hydrogen-bond donors (Lipinski definition) is 1. The number of ether oxygens (including phenoxy) is 2. The van der Waals surface area contributed by atoms with Crippen LogP contribution in [-0.4, -0.2) is 26.2 Å². The number of carbonyl (C=O) groups is 1. The molecule has 0 aliphatic carbocycles. The number of methoxy groups -OCH3 is 1. The van der Waals surface area contributed by atoms with Crippen LogP contribution < -0.4 is 10.1 Å². The Balaban J connectivity index is 2.73. The van der Waals surface area contributed by atoms with Gasteiger partial charge in [-0.25, -0.2) is 0 Å². The average Bonchev–Trinajstić information content (AvgIpc) is 2.36. The van der Waals surface area contributed by atoms with Gasteiger partial charge in [-0.05, 0) is 26.8 Å². The normalized spacial score (nSPS) is 12.0. The summed E-state index contributed by atoms with van der Waals surface area (Å²) in [4.78, 5) is 11.6. The number of hydrogen-bond acceptors (Lipinski definition) is 3. The van der Waals surface area contributed by atoms with Gasteiger partial charge in [-0.2, -0.15) is 0 Å². The van der Waals surface area contributed by atoms with Gasteiger partial charge in [0.05, 0.1) is 13.2 Å². The summed E-state index contributed by atoms with van der Waals surface area (Å²) in [5.74, 6) is 0.665. The first-order valence-corrected chi connectivity index (χ1v) is 6.10. The molecule has 0 saturated heterocycles. The van der Waals surface area contributed by atoms with Crippen molar-refractivity contribution in [3.8, 4) is 5.75 Å². The van der Waals surface area contributed by atoms with Gasteiger partial charge in [-0.1, -0.05) is 17.7 Å². The number of rotatable bonds is 6. The molecule has 1 aromatic carbocycles. The third kappa shape index (κ3) is 4.04. The van der Waals surface area contributed by atoms with Crippen molar-refractivity contribution in [2.24, 2.45) is 0 Å². The first kappa shape index (κ1) is 14.5. The van der Waals surface area contributed by atoms with Gasteiger partial charge in [0, 0.05) is 12.2 Å². The maximum Gasteiger partial charge on any atom is 0.246 e. The quantitative estimate of drug-likeness (QED) is 0.843. The topological polar surface area (TPSA) is 47.6 Å². The fraction of sp³-hybridized carbons (Fsp3) is 0.500. The molecule has 4 nitrogen and oxygen atoms in total. The van der Waals surface area contributed by atoms with Crippen LogP contribution in [0.2, 0.25) is 0 Å². The van der Waals surface area contributed by atoms with E-state index in [0.717, 1.165) is 16.9 Å². The van der Waals surface area contributed by atoms with Crippen molar-refractivity contribution in [2.45, 2.75) is 26.8 Å². The summed E-state index contributed by atoms with van der Waals surface area (Å²) < 4.78 is 10.4. The Morgan fingerprint density at radius 1 is 1.44 bits per heavy atom. The zero-order valence-corrected chi connectivity index (χ0v) is 11.4. The summed E-state index contributed by atoms with van der Waals surface area (Å²) in [6, 6.07) is 5.81. The third-order valence-corrected chi connectivity index (χ3v) is 2.67. The molecule has 0 bridgehead atoms. The molecular weight excluding hydrogens is 230 g/mol. The van der Waals surface area contributed by atoms with Crippen molar-refractivity contribution in [3.63, 3.8) is 0 Å². The Labute approximate surface area is 108 Å². The number of amides is 1. The minimum absolute atomic E-state index is 0.0922. The summed E-state index contributed by atoms with van der Waals surface area (Å²) in [6.07, 6.45) is 0. The predicted octanol–water partition coefficient (Wildman–Crippen LogP) is 2.22. The lowest BCUT2D eigenvalue weighted by Crippen LogP contribution is -2.30. The van der Waals surface area contributed by atoms with Crippen LogP contribution in [0, 0.1) is 6.92 Å². The van der Waals surface area contributed by atoms with Crippen molar-refractivity contribution in [3.05, 3.63) is 29.3 Å². The Bertz CT molecular complexity index is 404. The molecule has 0 heterocycles. The lowest BCUT2D eigenvalue weighted by molar-refractivity contribution is -0.126. The molecule has 0 aliphatic rings. The molecule has 0 spiro atoms. The number of aryl methyl sites for hydroxylation is 1. The van der Waals surface area contributed by atoms with Crippen LogP contribution in [0.3, 0.4) is 0 Å². The van der Waals surface area contributed by atoms with E-state index in [1.54, 1.807) is 7.11 Å². The number of nitrogens with one attached hydrogen (secondary N) is 1. The summed E-state index contributed by atoms with van der Waals surface area (Å²) in [5, 5.41) is 2.89. The van der Waals surface area contributed by atoms with Gasteiger partial charge in [0.2, 0.25) is 5.91 Å². The monoisotopic (exact) mass is 251 g/mol. The fourth-order valence-corrected chi connectivity index (χ4v) is 1.75. The van der Waals surface area contributed by atoms with E-state index < -0.39 is 0 Å². The summed E-state index contributed by atoms with van der Waals surface area (Å²) in [5.41, 5.74) is 2.11. The minimum Gasteiger partial charge on any atom is -0.496 e. The summed E-state index contributed by atoms with van der Waals surface area (Å²) in [7, 11) is 1.63. The van der Waals surface area contributed by atoms with Crippen molar-refractivity contribution < 1.29 is 14.3 Å². The maximum atomic E-state index is 11.6. The Morgan fingerprint density at radius 2 is 2.17 bits per heavy atom. The van der Waals surface area contributed by atoms with Gasteiger partial charge >= 0.3 is 0 Å². The van der Waals surface area contributed by atoms with Crippen molar-refractivity contribution in [2.75, 3.05) is 20.3 Å². The highest BCUT2D eigenvalue weighted by atomic mass is 16.5. The molecule has 1 aromatic rings. The van der Waals surface area contributed by atoms with E-state index in [-0.39, 0.29) is 18.6 Å². The zero-order valence-electron chi connectivity index (χ0n) is 11.4. The largest absolute Gasteiger partial charge is 0.496 e. The third-order valence-electron chi connectivity index (χ3n) is 2.67. The molecule has 1 amide bonds. The smallest absolute Gasteiger partial charge is 0.246 e.